The quantitative estimate of drug-likeness (QED) is 0.756. The van der Waals surface area contributed by atoms with E-state index < -0.39 is 0 Å². The Morgan fingerprint density at radius 2 is 2.14 bits per heavy atom. The molecule has 1 N–H and O–H groups in total. The molecule has 0 bridgehead atoms. The molecule has 1 atom stereocenters. The monoisotopic (exact) mass is 297 g/mol. The van der Waals surface area contributed by atoms with Crippen molar-refractivity contribution in [3.63, 3.8) is 0 Å². The van der Waals surface area contributed by atoms with E-state index in [1.807, 2.05) is 4.68 Å². The second-order valence-electron chi connectivity index (χ2n) is 5.23. The van der Waals surface area contributed by atoms with E-state index >= 15 is 0 Å². The van der Waals surface area contributed by atoms with E-state index in [0.29, 0.717) is 13.2 Å². The van der Waals surface area contributed by atoms with Gasteiger partial charge in [-0.3, -0.25) is 4.68 Å². The molecule has 0 aromatic carbocycles. The Hall–Kier alpha value is -1.11. The molecule has 1 aliphatic rings. The predicted molar refractivity (Wildman–Crippen MR) is 80.4 cm³/mol. The summed E-state index contributed by atoms with van der Waals surface area (Å²) in [5, 5.41) is 8.02. The van der Waals surface area contributed by atoms with Crippen LogP contribution in [-0.4, -0.2) is 42.9 Å². The molecule has 21 heavy (non-hydrogen) atoms. The lowest BCUT2D eigenvalue weighted by Crippen LogP contribution is -2.29. The fraction of sp³-hybridized carbons (Fsp3) is 0.800. The lowest BCUT2D eigenvalue weighted by Gasteiger charge is -2.23. The zero-order chi connectivity index (χ0) is 15.1. The van der Waals surface area contributed by atoms with Gasteiger partial charge in [0, 0.05) is 13.0 Å². The van der Waals surface area contributed by atoms with Crippen molar-refractivity contribution in [2.75, 3.05) is 26.9 Å². The maximum absolute atomic E-state index is 5.60. The Bertz CT molecular complexity index is 416. The number of nitrogens with zero attached hydrogens (tertiary/aromatic N) is 2. The summed E-state index contributed by atoms with van der Waals surface area (Å²) in [6.07, 6.45) is 4.53. The third kappa shape index (κ3) is 4.18. The number of methoxy groups -OCH3 is 1. The van der Waals surface area contributed by atoms with Crippen molar-refractivity contribution in [3.05, 3.63) is 11.9 Å². The van der Waals surface area contributed by atoms with Gasteiger partial charge in [-0.1, -0.05) is 13.8 Å². The molecule has 1 saturated heterocycles. The van der Waals surface area contributed by atoms with Crippen LogP contribution in [-0.2, 0) is 16.0 Å². The minimum Gasteiger partial charge on any atom is -0.493 e. The van der Waals surface area contributed by atoms with Crippen LogP contribution in [0.5, 0.6) is 5.75 Å². The summed E-state index contributed by atoms with van der Waals surface area (Å²) in [6.45, 7) is 7.49. The maximum Gasteiger partial charge on any atom is 0.161 e. The van der Waals surface area contributed by atoms with Crippen molar-refractivity contribution in [2.45, 2.75) is 52.0 Å². The molecule has 6 nitrogen and oxygen atoms in total. The topological polar surface area (TPSA) is 57.5 Å². The van der Waals surface area contributed by atoms with Crippen molar-refractivity contribution in [1.82, 2.24) is 15.1 Å². The number of rotatable bonds is 9. The average molecular weight is 297 g/mol. The highest BCUT2D eigenvalue weighted by Gasteiger charge is 2.27. The van der Waals surface area contributed by atoms with Gasteiger partial charge in [-0.05, 0) is 19.4 Å². The molecule has 0 radical (unpaired) electrons. The zero-order valence-electron chi connectivity index (χ0n) is 13.3. The highest BCUT2D eigenvalue weighted by molar-refractivity contribution is 5.28. The summed E-state index contributed by atoms with van der Waals surface area (Å²) in [5.74, 6) is 0.829. The average Bonchev–Trinajstić information content (AvgIpc) is 3.13. The molecule has 1 unspecified atom stereocenters. The van der Waals surface area contributed by atoms with E-state index in [1.165, 1.54) is 0 Å². The minimum atomic E-state index is -0.144. The van der Waals surface area contributed by atoms with Gasteiger partial charge in [-0.2, -0.15) is 5.10 Å². The Morgan fingerprint density at radius 3 is 2.76 bits per heavy atom. The van der Waals surface area contributed by atoms with Gasteiger partial charge in [0.1, 0.15) is 0 Å². The lowest BCUT2D eigenvalue weighted by molar-refractivity contribution is -0.0535. The summed E-state index contributed by atoms with van der Waals surface area (Å²) in [5.41, 5.74) is 1.09. The van der Waals surface area contributed by atoms with Crippen LogP contribution >= 0.6 is 0 Å². The first kappa shape index (κ1) is 16.3. The Balaban J connectivity index is 2.18. The van der Waals surface area contributed by atoms with Gasteiger partial charge in [0.15, 0.2) is 12.0 Å². The third-order valence-corrected chi connectivity index (χ3v) is 3.59. The standard InChI is InChI=1S/C15H27N3O3/c1-4-6-16-12(10-14-20-8-9-21-14)15-13(19-3)11-17-18(15)7-5-2/h11-12,14,16H,4-10H2,1-3H3. The lowest BCUT2D eigenvalue weighted by atomic mass is 10.1. The van der Waals surface area contributed by atoms with Crippen LogP contribution in [0.2, 0.25) is 0 Å². The first-order valence-corrected chi connectivity index (χ1v) is 7.86. The van der Waals surface area contributed by atoms with Crippen molar-refractivity contribution in [3.8, 4) is 5.75 Å². The van der Waals surface area contributed by atoms with Crippen molar-refractivity contribution >= 4 is 0 Å². The molecule has 1 fully saturated rings. The highest BCUT2D eigenvalue weighted by Crippen LogP contribution is 2.30. The molecule has 1 aliphatic heterocycles. The summed E-state index contributed by atoms with van der Waals surface area (Å²) in [7, 11) is 1.69. The molecular formula is C15H27N3O3. The fourth-order valence-corrected chi connectivity index (χ4v) is 2.62. The fourth-order valence-electron chi connectivity index (χ4n) is 2.62. The normalized spacial score (nSPS) is 17.3. The molecule has 0 aliphatic carbocycles. The molecule has 1 aromatic heterocycles. The first-order valence-electron chi connectivity index (χ1n) is 7.86. The van der Waals surface area contributed by atoms with E-state index in [4.69, 9.17) is 14.2 Å². The number of nitrogens with one attached hydrogen (secondary N) is 1. The van der Waals surface area contributed by atoms with Crippen molar-refractivity contribution in [2.24, 2.45) is 0 Å². The number of hydrogen-bond acceptors (Lipinski definition) is 5. The van der Waals surface area contributed by atoms with Crippen LogP contribution < -0.4 is 10.1 Å². The molecule has 120 valence electrons. The van der Waals surface area contributed by atoms with E-state index in [0.717, 1.165) is 43.8 Å². The van der Waals surface area contributed by atoms with Crippen LogP contribution in [0.3, 0.4) is 0 Å². The van der Waals surface area contributed by atoms with E-state index in [1.54, 1.807) is 13.3 Å². The SMILES string of the molecule is CCCNC(CC1OCCO1)c1c(OC)cnn1CCC. The highest BCUT2D eigenvalue weighted by atomic mass is 16.7. The minimum absolute atomic E-state index is 0.122. The Morgan fingerprint density at radius 1 is 1.38 bits per heavy atom. The molecule has 0 saturated carbocycles. The van der Waals surface area contributed by atoms with Gasteiger partial charge in [-0.15, -0.1) is 0 Å². The molecule has 0 amide bonds. The zero-order valence-corrected chi connectivity index (χ0v) is 13.3. The summed E-state index contributed by atoms with van der Waals surface area (Å²) in [6, 6.07) is 0.122. The molecule has 0 spiro atoms. The summed E-state index contributed by atoms with van der Waals surface area (Å²) in [4.78, 5) is 0. The maximum atomic E-state index is 5.60. The molecule has 6 heteroatoms. The molecule has 2 rings (SSSR count). The second-order valence-corrected chi connectivity index (χ2v) is 5.23. The van der Waals surface area contributed by atoms with Crippen LogP contribution in [0.4, 0.5) is 0 Å². The van der Waals surface area contributed by atoms with Crippen LogP contribution in [0, 0.1) is 0 Å². The smallest absolute Gasteiger partial charge is 0.161 e. The third-order valence-electron chi connectivity index (χ3n) is 3.59. The molecule has 2 heterocycles. The van der Waals surface area contributed by atoms with E-state index in [-0.39, 0.29) is 12.3 Å². The molecule has 1 aromatic rings. The van der Waals surface area contributed by atoms with Gasteiger partial charge in [0.05, 0.1) is 38.3 Å². The van der Waals surface area contributed by atoms with Gasteiger partial charge < -0.3 is 19.5 Å². The van der Waals surface area contributed by atoms with E-state index in [9.17, 15) is 0 Å². The number of ether oxygens (including phenoxy) is 3. The number of hydrogen-bond donors (Lipinski definition) is 1. The van der Waals surface area contributed by atoms with Gasteiger partial charge >= 0.3 is 0 Å². The number of aryl methyl sites for hydroxylation is 1. The largest absolute Gasteiger partial charge is 0.493 e. The Kier molecular flexibility index (Phi) is 6.48. The van der Waals surface area contributed by atoms with Gasteiger partial charge in [-0.25, -0.2) is 0 Å². The van der Waals surface area contributed by atoms with Gasteiger partial charge in [0.2, 0.25) is 0 Å². The number of aromatic nitrogens is 2. The van der Waals surface area contributed by atoms with Crippen LogP contribution in [0.25, 0.3) is 0 Å². The second kappa shape index (κ2) is 8.36. The van der Waals surface area contributed by atoms with Crippen molar-refractivity contribution in [1.29, 1.82) is 0 Å². The predicted octanol–water partition coefficient (Wildman–Crippen LogP) is 2.11. The van der Waals surface area contributed by atoms with Gasteiger partial charge in [0.25, 0.3) is 0 Å². The van der Waals surface area contributed by atoms with Crippen LogP contribution in [0.1, 0.15) is 44.8 Å². The Labute approximate surface area is 126 Å². The van der Waals surface area contributed by atoms with Crippen molar-refractivity contribution < 1.29 is 14.2 Å². The first-order chi connectivity index (χ1) is 10.3. The molecular weight excluding hydrogens is 270 g/mol. The van der Waals surface area contributed by atoms with Crippen LogP contribution in [0.15, 0.2) is 6.20 Å². The van der Waals surface area contributed by atoms with E-state index in [2.05, 4.69) is 24.3 Å². The summed E-state index contributed by atoms with van der Waals surface area (Å²) >= 11 is 0. The summed E-state index contributed by atoms with van der Waals surface area (Å²) < 4.78 is 18.7.